The molecule has 5 nitrogen and oxygen atoms in total. The second-order valence-electron chi connectivity index (χ2n) is 5.98. The van der Waals surface area contributed by atoms with E-state index < -0.39 is 0 Å². The van der Waals surface area contributed by atoms with Gasteiger partial charge in [0.2, 0.25) is 0 Å². The summed E-state index contributed by atoms with van der Waals surface area (Å²) in [6, 6.07) is 2.23. The number of fused-ring (bicyclic) bond motifs is 1. The first-order valence-electron chi connectivity index (χ1n) is 7.76. The largest absolute Gasteiger partial charge is 0.312 e. The zero-order chi connectivity index (χ0) is 14.1. The molecule has 21 heavy (non-hydrogen) atoms. The molecule has 2 aliphatic heterocycles. The van der Waals surface area contributed by atoms with Crippen molar-refractivity contribution in [1.29, 1.82) is 0 Å². The smallest absolute Gasteiger partial charge is 0.147 e. The summed E-state index contributed by atoms with van der Waals surface area (Å²) in [5.41, 5.74) is 1.45. The van der Waals surface area contributed by atoms with Crippen molar-refractivity contribution in [2.75, 3.05) is 19.6 Å². The highest BCUT2D eigenvalue weighted by atomic mass is 32.1. The van der Waals surface area contributed by atoms with E-state index in [2.05, 4.69) is 41.8 Å². The summed E-state index contributed by atoms with van der Waals surface area (Å²) >= 11 is 1.79. The maximum Gasteiger partial charge on any atom is 0.147 e. The van der Waals surface area contributed by atoms with Gasteiger partial charge in [0.1, 0.15) is 11.6 Å². The predicted octanol–water partition coefficient (Wildman–Crippen LogP) is 1.82. The summed E-state index contributed by atoms with van der Waals surface area (Å²) in [6.45, 7) is 6.35. The summed E-state index contributed by atoms with van der Waals surface area (Å²) < 4.78 is 2.34. The molecule has 0 aliphatic carbocycles. The Hall–Kier alpha value is -1.24. The van der Waals surface area contributed by atoms with E-state index in [1.165, 1.54) is 37.3 Å². The number of thiophene rings is 1. The fourth-order valence-electron chi connectivity index (χ4n) is 3.41. The van der Waals surface area contributed by atoms with Crippen molar-refractivity contribution in [3.63, 3.8) is 0 Å². The molecule has 4 heterocycles. The molecule has 0 spiro atoms. The van der Waals surface area contributed by atoms with E-state index in [0.717, 1.165) is 32.0 Å². The van der Waals surface area contributed by atoms with Crippen molar-refractivity contribution in [2.24, 2.45) is 0 Å². The highest BCUT2D eigenvalue weighted by molar-refractivity contribution is 7.07. The van der Waals surface area contributed by atoms with Crippen LogP contribution in [0, 0.1) is 0 Å². The minimum atomic E-state index is 0.586. The number of nitrogens with zero attached hydrogens (tertiary/aromatic N) is 4. The number of hydrogen-bond donors (Lipinski definition) is 1. The monoisotopic (exact) mass is 303 g/mol. The third kappa shape index (κ3) is 2.75. The molecule has 6 heteroatoms. The van der Waals surface area contributed by atoms with Gasteiger partial charge in [-0.2, -0.15) is 11.3 Å². The quantitative estimate of drug-likeness (QED) is 0.939. The number of piperidine rings is 1. The van der Waals surface area contributed by atoms with Gasteiger partial charge < -0.3 is 9.88 Å². The van der Waals surface area contributed by atoms with E-state index in [0.29, 0.717) is 5.92 Å². The molecular formula is C15H21N5S. The normalized spacial score (nSPS) is 20.6. The van der Waals surface area contributed by atoms with Gasteiger partial charge in [0.15, 0.2) is 0 Å². The van der Waals surface area contributed by atoms with Crippen LogP contribution in [0.4, 0.5) is 0 Å². The van der Waals surface area contributed by atoms with E-state index in [4.69, 9.17) is 0 Å². The fraction of sp³-hybridized carbons (Fsp3) is 0.600. The molecule has 0 bridgehead atoms. The Bertz CT molecular complexity index is 583. The molecular weight excluding hydrogens is 282 g/mol. The zero-order valence-corrected chi connectivity index (χ0v) is 13.0. The summed E-state index contributed by atoms with van der Waals surface area (Å²) in [5, 5.41) is 16.6. The van der Waals surface area contributed by atoms with Crippen LogP contribution in [-0.2, 0) is 19.6 Å². The molecule has 1 N–H and O–H groups in total. The van der Waals surface area contributed by atoms with Crippen LogP contribution in [0.5, 0.6) is 0 Å². The van der Waals surface area contributed by atoms with Crippen molar-refractivity contribution in [1.82, 2.24) is 25.0 Å². The molecule has 2 aromatic heterocycles. The van der Waals surface area contributed by atoms with Crippen LogP contribution in [0.2, 0.25) is 0 Å². The highest BCUT2D eigenvalue weighted by Gasteiger charge is 2.26. The molecule has 0 atom stereocenters. The first-order chi connectivity index (χ1) is 10.4. The first-order valence-corrected chi connectivity index (χ1v) is 8.70. The van der Waals surface area contributed by atoms with Gasteiger partial charge in [-0.3, -0.25) is 4.90 Å². The average molecular weight is 303 g/mol. The van der Waals surface area contributed by atoms with Gasteiger partial charge in [-0.1, -0.05) is 0 Å². The van der Waals surface area contributed by atoms with Crippen molar-refractivity contribution in [2.45, 2.75) is 38.4 Å². The first kappa shape index (κ1) is 13.4. The summed E-state index contributed by atoms with van der Waals surface area (Å²) in [5.74, 6) is 2.92. The summed E-state index contributed by atoms with van der Waals surface area (Å²) in [6.07, 6.45) is 2.41. The van der Waals surface area contributed by atoms with Gasteiger partial charge in [0.25, 0.3) is 0 Å². The summed E-state index contributed by atoms with van der Waals surface area (Å²) in [4.78, 5) is 2.56. The van der Waals surface area contributed by atoms with Gasteiger partial charge in [-0.15, -0.1) is 10.2 Å². The molecule has 1 saturated heterocycles. The van der Waals surface area contributed by atoms with Crippen molar-refractivity contribution < 1.29 is 0 Å². The molecule has 1 fully saturated rings. The van der Waals surface area contributed by atoms with Crippen LogP contribution in [0.1, 0.15) is 36.0 Å². The second-order valence-corrected chi connectivity index (χ2v) is 6.76. The standard InChI is InChI=1S/C15H21N5S/c1-5-19(10-12-3-8-21-11-12)6-2-13(1)15-18-17-14-9-16-4-7-20(14)15/h3,8,11,13,16H,1-2,4-7,9-10H2. The second kappa shape index (κ2) is 5.87. The number of hydrogen-bond acceptors (Lipinski definition) is 5. The van der Waals surface area contributed by atoms with Crippen molar-refractivity contribution >= 4 is 11.3 Å². The SMILES string of the molecule is c1cc(CN2CCC(c3nnc4n3CCNC4)CC2)cs1. The van der Waals surface area contributed by atoms with Crippen LogP contribution in [0.25, 0.3) is 0 Å². The Morgan fingerprint density at radius 2 is 2.14 bits per heavy atom. The Labute approximate surface area is 129 Å². The molecule has 0 saturated carbocycles. The maximum absolute atomic E-state index is 4.48. The van der Waals surface area contributed by atoms with E-state index >= 15 is 0 Å². The predicted molar refractivity (Wildman–Crippen MR) is 83.3 cm³/mol. The Kier molecular flexibility index (Phi) is 3.75. The van der Waals surface area contributed by atoms with Gasteiger partial charge in [0.05, 0.1) is 6.54 Å². The van der Waals surface area contributed by atoms with Crippen LogP contribution in [-0.4, -0.2) is 39.3 Å². The van der Waals surface area contributed by atoms with E-state index in [1.54, 1.807) is 11.3 Å². The number of aromatic nitrogens is 3. The van der Waals surface area contributed by atoms with Crippen LogP contribution >= 0.6 is 11.3 Å². The lowest BCUT2D eigenvalue weighted by Crippen LogP contribution is -2.34. The molecule has 0 amide bonds. The Morgan fingerprint density at radius 1 is 1.24 bits per heavy atom. The lowest BCUT2D eigenvalue weighted by Gasteiger charge is -2.31. The van der Waals surface area contributed by atoms with Crippen LogP contribution < -0.4 is 5.32 Å². The van der Waals surface area contributed by atoms with Gasteiger partial charge in [0, 0.05) is 25.6 Å². The zero-order valence-electron chi connectivity index (χ0n) is 12.2. The van der Waals surface area contributed by atoms with Crippen molar-refractivity contribution in [3.8, 4) is 0 Å². The molecule has 2 aromatic rings. The minimum Gasteiger partial charge on any atom is -0.312 e. The lowest BCUT2D eigenvalue weighted by atomic mass is 9.95. The van der Waals surface area contributed by atoms with E-state index in [-0.39, 0.29) is 0 Å². The van der Waals surface area contributed by atoms with Crippen LogP contribution in [0.3, 0.4) is 0 Å². The van der Waals surface area contributed by atoms with Gasteiger partial charge >= 0.3 is 0 Å². The topological polar surface area (TPSA) is 46.0 Å². The van der Waals surface area contributed by atoms with Gasteiger partial charge in [-0.25, -0.2) is 0 Å². The Morgan fingerprint density at radius 3 is 2.95 bits per heavy atom. The Balaban J connectivity index is 1.40. The molecule has 0 radical (unpaired) electrons. The molecule has 2 aliphatic rings. The molecule has 4 rings (SSSR count). The van der Waals surface area contributed by atoms with Crippen molar-refractivity contribution in [3.05, 3.63) is 34.0 Å². The molecule has 0 aromatic carbocycles. The van der Waals surface area contributed by atoms with E-state index in [1.807, 2.05) is 0 Å². The maximum atomic E-state index is 4.48. The van der Waals surface area contributed by atoms with Gasteiger partial charge in [-0.05, 0) is 48.3 Å². The third-order valence-electron chi connectivity index (χ3n) is 4.59. The summed E-state index contributed by atoms with van der Waals surface area (Å²) in [7, 11) is 0. The van der Waals surface area contributed by atoms with E-state index in [9.17, 15) is 0 Å². The third-order valence-corrected chi connectivity index (χ3v) is 5.32. The highest BCUT2D eigenvalue weighted by Crippen LogP contribution is 2.28. The average Bonchev–Trinajstić information content (AvgIpc) is 3.17. The minimum absolute atomic E-state index is 0.586. The lowest BCUT2D eigenvalue weighted by molar-refractivity contribution is 0.199. The van der Waals surface area contributed by atoms with Crippen LogP contribution in [0.15, 0.2) is 16.8 Å². The number of rotatable bonds is 3. The molecule has 0 unspecified atom stereocenters. The number of likely N-dealkylation sites (tertiary alicyclic amines) is 1. The fourth-order valence-corrected chi connectivity index (χ4v) is 4.07. The molecule has 112 valence electrons. The number of nitrogens with one attached hydrogen (secondary N) is 1.